The summed E-state index contributed by atoms with van der Waals surface area (Å²) >= 11 is 1.49. The van der Waals surface area contributed by atoms with Gasteiger partial charge in [0.05, 0.1) is 13.1 Å². The average molecular weight is 736 g/mol. The van der Waals surface area contributed by atoms with Gasteiger partial charge in [0.1, 0.15) is 24.5 Å². The number of hydrogen-bond donors (Lipinski definition) is 1. The van der Waals surface area contributed by atoms with Gasteiger partial charge >= 0.3 is 5.97 Å². The Morgan fingerprint density at radius 3 is 1.87 bits per heavy atom. The van der Waals surface area contributed by atoms with Crippen LogP contribution in [0.5, 0.6) is 5.75 Å². The Hall–Kier alpha value is -6.16. The normalized spacial score (nSPS) is 10.9. The number of benzene rings is 6. The van der Waals surface area contributed by atoms with Crippen LogP contribution in [0, 0.1) is 6.92 Å². The molecule has 0 unspecified atom stereocenters. The zero-order valence-electron chi connectivity index (χ0n) is 30.2. The fourth-order valence-electron chi connectivity index (χ4n) is 5.73. The highest BCUT2D eigenvalue weighted by Gasteiger charge is 2.23. The molecule has 54 heavy (non-hydrogen) atoms. The topological polar surface area (TPSA) is 102 Å². The SMILES string of the molecule is Cc1ccc(SN(C)CC(=O)N(Cc2ccc(-c3ccc(C(N)=O)cc3)cc2)c2ccc(C(=O)OCc3ccccc3)c(OCc3ccccc3)c2)cc1. The van der Waals surface area contributed by atoms with Crippen LogP contribution in [0.25, 0.3) is 11.1 Å². The highest BCUT2D eigenvalue weighted by Crippen LogP contribution is 2.31. The van der Waals surface area contributed by atoms with Crippen molar-refractivity contribution in [3.8, 4) is 16.9 Å². The zero-order valence-corrected chi connectivity index (χ0v) is 31.0. The largest absolute Gasteiger partial charge is 0.488 e. The van der Waals surface area contributed by atoms with E-state index in [9.17, 15) is 14.4 Å². The van der Waals surface area contributed by atoms with E-state index in [0.29, 0.717) is 17.0 Å². The van der Waals surface area contributed by atoms with E-state index >= 15 is 0 Å². The lowest BCUT2D eigenvalue weighted by molar-refractivity contribution is -0.118. The third-order valence-corrected chi connectivity index (χ3v) is 9.61. The van der Waals surface area contributed by atoms with Crippen LogP contribution < -0.4 is 15.4 Å². The maximum Gasteiger partial charge on any atom is 0.342 e. The van der Waals surface area contributed by atoms with Gasteiger partial charge in [0, 0.05) is 22.2 Å². The monoisotopic (exact) mass is 735 g/mol. The summed E-state index contributed by atoms with van der Waals surface area (Å²) in [4.78, 5) is 42.0. The Balaban J connectivity index is 1.29. The number of carbonyl (C=O) groups excluding carboxylic acids is 3. The van der Waals surface area contributed by atoms with Crippen LogP contribution in [0.15, 0.2) is 157 Å². The quantitative estimate of drug-likeness (QED) is 0.0831. The molecule has 0 bridgehead atoms. The molecule has 2 N–H and O–H groups in total. The van der Waals surface area contributed by atoms with Crippen molar-refractivity contribution in [2.75, 3.05) is 18.5 Å². The van der Waals surface area contributed by atoms with Crippen molar-refractivity contribution >= 4 is 35.4 Å². The molecular formula is C45H41N3O5S. The predicted molar refractivity (Wildman–Crippen MR) is 214 cm³/mol. The van der Waals surface area contributed by atoms with Crippen molar-refractivity contribution in [3.63, 3.8) is 0 Å². The molecular weight excluding hydrogens is 695 g/mol. The van der Waals surface area contributed by atoms with Gasteiger partial charge in [-0.05, 0) is 90.1 Å². The number of aryl methyl sites for hydroxylation is 1. The molecule has 8 nitrogen and oxygen atoms in total. The van der Waals surface area contributed by atoms with Crippen LogP contribution >= 0.6 is 11.9 Å². The summed E-state index contributed by atoms with van der Waals surface area (Å²) < 4.78 is 13.9. The van der Waals surface area contributed by atoms with Crippen molar-refractivity contribution in [1.29, 1.82) is 0 Å². The highest BCUT2D eigenvalue weighted by molar-refractivity contribution is 7.97. The summed E-state index contributed by atoms with van der Waals surface area (Å²) in [5.41, 5.74) is 12.4. The number of primary amides is 1. The van der Waals surface area contributed by atoms with Gasteiger partial charge in [0.2, 0.25) is 11.8 Å². The summed E-state index contributed by atoms with van der Waals surface area (Å²) in [6.07, 6.45) is 0. The first-order valence-electron chi connectivity index (χ1n) is 17.5. The molecule has 0 spiro atoms. The fraction of sp³-hybridized carbons (Fsp3) is 0.133. The first-order chi connectivity index (χ1) is 26.2. The molecule has 6 aromatic rings. The molecule has 0 aliphatic carbocycles. The van der Waals surface area contributed by atoms with E-state index in [-0.39, 0.29) is 37.8 Å². The van der Waals surface area contributed by atoms with Gasteiger partial charge in [-0.1, -0.05) is 115 Å². The van der Waals surface area contributed by atoms with Crippen molar-refractivity contribution < 1.29 is 23.9 Å². The Morgan fingerprint density at radius 1 is 0.667 bits per heavy atom. The van der Waals surface area contributed by atoms with E-state index in [4.69, 9.17) is 15.2 Å². The molecule has 2 amide bonds. The van der Waals surface area contributed by atoms with E-state index in [1.54, 1.807) is 35.2 Å². The zero-order chi connectivity index (χ0) is 37.9. The molecule has 0 aliphatic rings. The van der Waals surface area contributed by atoms with Crippen LogP contribution in [-0.2, 0) is 29.3 Å². The number of rotatable bonds is 15. The summed E-state index contributed by atoms with van der Waals surface area (Å²) in [7, 11) is 1.89. The van der Waals surface area contributed by atoms with Gasteiger partial charge in [0.15, 0.2) is 0 Å². The summed E-state index contributed by atoms with van der Waals surface area (Å²) in [5.74, 6) is -0.837. The van der Waals surface area contributed by atoms with Gasteiger partial charge in [-0.3, -0.25) is 9.59 Å². The van der Waals surface area contributed by atoms with E-state index in [0.717, 1.165) is 38.3 Å². The van der Waals surface area contributed by atoms with Gasteiger partial charge in [-0.15, -0.1) is 0 Å². The van der Waals surface area contributed by atoms with Gasteiger partial charge in [-0.2, -0.15) is 0 Å². The van der Waals surface area contributed by atoms with Crippen molar-refractivity contribution in [1.82, 2.24) is 4.31 Å². The molecule has 0 aromatic heterocycles. The Morgan fingerprint density at radius 2 is 1.26 bits per heavy atom. The molecule has 6 rings (SSSR count). The van der Waals surface area contributed by atoms with E-state index in [2.05, 4.69) is 0 Å². The number of carbonyl (C=O) groups is 3. The van der Waals surface area contributed by atoms with E-state index in [1.165, 1.54) is 11.9 Å². The predicted octanol–water partition coefficient (Wildman–Crippen LogP) is 8.87. The number of anilines is 1. The number of ether oxygens (including phenoxy) is 2. The summed E-state index contributed by atoms with van der Waals surface area (Å²) in [5, 5.41) is 0. The molecule has 0 atom stereocenters. The Bertz CT molecular complexity index is 2180. The summed E-state index contributed by atoms with van der Waals surface area (Å²) in [6, 6.07) is 47.5. The maximum absolute atomic E-state index is 14.2. The molecule has 272 valence electrons. The lowest BCUT2D eigenvalue weighted by Crippen LogP contribution is -2.37. The van der Waals surface area contributed by atoms with Gasteiger partial charge < -0.3 is 20.1 Å². The molecule has 0 aliphatic heterocycles. The minimum atomic E-state index is -0.528. The smallest absolute Gasteiger partial charge is 0.342 e. The molecule has 0 heterocycles. The maximum atomic E-state index is 14.2. The minimum absolute atomic E-state index is 0.112. The van der Waals surface area contributed by atoms with Crippen molar-refractivity contribution in [2.45, 2.75) is 31.6 Å². The number of hydrogen-bond acceptors (Lipinski definition) is 7. The molecule has 0 fully saturated rings. The average Bonchev–Trinajstić information content (AvgIpc) is 3.20. The third kappa shape index (κ3) is 10.2. The van der Waals surface area contributed by atoms with Crippen LogP contribution in [0.2, 0.25) is 0 Å². The molecule has 6 aromatic carbocycles. The van der Waals surface area contributed by atoms with E-state index < -0.39 is 11.9 Å². The first-order valence-corrected chi connectivity index (χ1v) is 18.3. The molecule has 0 saturated carbocycles. The van der Waals surface area contributed by atoms with E-state index in [1.807, 2.05) is 140 Å². The lowest BCUT2D eigenvalue weighted by atomic mass is 10.0. The first kappa shape index (κ1) is 37.6. The van der Waals surface area contributed by atoms with Crippen LogP contribution in [0.1, 0.15) is 43.0 Å². The van der Waals surface area contributed by atoms with Crippen molar-refractivity contribution in [2.24, 2.45) is 5.73 Å². The second-order valence-corrected chi connectivity index (χ2v) is 14.1. The van der Waals surface area contributed by atoms with Gasteiger partial charge in [-0.25, -0.2) is 9.10 Å². The molecule has 0 saturated heterocycles. The fourth-order valence-corrected chi connectivity index (χ4v) is 6.52. The number of nitrogens with two attached hydrogens (primary N) is 1. The number of nitrogens with zero attached hydrogens (tertiary/aromatic N) is 2. The number of likely N-dealkylation sites (N-methyl/N-ethyl adjacent to an activating group) is 1. The van der Waals surface area contributed by atoms with Gasteiger partial charge in [0.25, 0.3) is 0 Å². The standard InChI is InChI=1S/C45H41N3O5S/c1-32-13-24-40(25-14-32)54-47(2)29-43(49)48(28-33-15-17-36(18-16-33)37-19-21-38(22-20-37)44(46)50)39-23-26-41(45(51)53-31-35-11-7-4-8-12-35)42(27-39)52-30-34-9-5-3-6-10-34/h3-27H,28-31H2,1-2H3,(H2,46,50). The van der Waals surface area contributed by atoms with Crippen LogP contribution in [0.3, 0.4) is 0 Å². The molecule has 9 heteroatoms. The number of esters is 1. The number of amides is 2. The molecule has 0 radical (unpaired) electrons. The van der Waals surface area contributed by atoms with Crippen LogP contribution in [0.4, 0.5) is 5.69 Å². The lowest BCUT2D eigenvalue weighted by Gasteiger charge is -2.26. The summed E-state index contributed by atoms with van der Waals surface area (Å²) in [6.45, 7) is 2.75. The minimum Gasteiger partial charge on any atom is -0.488 e. The second-order valence-electron chi connectivity index (χ2n) is 12.8. The Labute approximate surface area is 320 Å². The Kier molecular flexibility index (Phi) is 12.6. The highest BCUT2D eigenvalue weighted by atomic mass is 32.2. The second kappa shape index (κ2) is 18.1. The van der Waals surface area contributed by atoms with Crippen molar-refractivity contribution in [3.05, 3.63) is 185 Å². The third-order valence-electron chi connectivity index (χ3n) is 8.69. The van der Waals surface area contributed by atoms with Crippen LogP contribution in [-0.4, -0.2) is 35.7 Å².